The lowest BCUT2D eigenvalue weighted by Crippen LogP contribution is -2.53. The predicted octanol–water partition coefficient (Wildman–Crippen LogP) is -0.488. The molecule has 0 radical (unpaired) electrons. The van der Waals surface area contributed by atoms with Gasteiger partial charge in [-0.15, -0.1) is 0 Å². The first-order chi connectivity index (χ1) is 6.75. The van der Waals surface area contributed by atoms with Gasteiger partial charge in [0.25, 0.3) is 0 Å². The van der Waals surface area contributed by atoms with Crippen molar-refractivity contribution >= 4 is 5.91 Å². The zero-order valence-corrected chi connectivity index (χ0v) is 8.83. The number of carbonyl (C=O) groups excluding carboxylic acids is 1. The van der Waals surface area contributed by atoms with Crippen LogP contribution in [-0.4, -0.2) is 61.0 Å². The number of nitrogens with zero attached hydrogens (tertiary/aromatic N) is 2. The average Bonchev–Trinajstić information content (AvgIpc) is 1.99. The van der Waals surface area contributed by atoms with Gasteiger partial charge in [0, 0.05) is 38.8 Å². The topological polar surface area (TPSA) is 35.6 Å². The van der Waals surface area contributed by atoms with Crippen LogP contribution < -0.4 is 5.32 Å². The Morgan fingerprint density at radius 2 is 2.21 bits per heavy atom. The smallest absolute Gasteiger partial charge is 0.236 e. The summed E-state index contributed by atoms with van der Waals surface area (Å²) in [6, 6.07) is 0.521. The van der Waals surface area contributed by atoms with Crippen molar-refractivity contribution in [3.05, 3.63) is 0 Å². The minimum atomic E-state index is 0.311. The van der Waals surface area contributed by atoms with Crippen LogP contribution in [0.25, 0.3) is 0 Å². The third-order valence-electron chi connectivity index (χ3n) is 3.02. The minimum absolute atomic E-state index is 0.311. The molecule has 0 unspecified atom stereocenters. The first-order valence-electron chi connectivity index (χ1n) is 5.49. The Hall–Kier alpha value is -0.610. The number of piperazine rings is 1. The van der Waals surface area contributed by atoms with Gasteiger partial charge in [0.1, 0.15) is 0 Å². The van der Waals surface area contributed by atoms with Crippen molar-refractivity contribution in [2.24, 2.45) is 0 Å². The number of rotatable bonds is 2. The Morgan fingerprint density at radius 1 is 1.43 bits per heavy atom. The third kappa shape index (κ3) is 2.25. The van der Waals surface area contributed by atoms with Gasteiger partial charge in [-0.25, -0.2) is 0 Å². The van der Waals surface area contributed by atoms with E-state index in [9.17, 15) is 4.79 Å². The molecule has 2 aliphatic rings. The molecule has 0 aromatic heterocycles. The van der Waals surface area contributed by atoms with Crippen molar-refractivity contribution in [1.82, 2.24) is 15.1 Å². The molecule has 2 heterocycles. The van der Waals surface area contributed by atoms with Crippen LogP contribution >= 0.6 is 0 Å². The molecule has 0 spiro atoms. The second-order valence-corrected chi connectivity index (χ2v) is 4.32. The van der Waals surface area contributed by atoms with Gasteiger partial charge in [-0.3, -0.25) is 9.69 Å². The van der Waals surface area contributed by atoms with Crippen LogP contribution in [0.4, 0.5) is 0 Å². The van der Waals surface area contributed by atoms with Crippen LogP contribution in [0.2, 0.25) is 0 Å². The summed E-state index contributed by atoms with van der Waals surface area (Å²) in [6.45, 7) is 7.74. The van der Waals surface area contributed by atoms with Crippen molar-refractivity contribution < 1.29 is 4.79 Å². The van der Waals surface area contributed by atoms with Gasteiger partial charge in [-0.2, -0.15) is 0 Å². The molecule has 0 aromatic rings. The lowest BCUT2D eigenvalue weighted by molar-refractivity contribution is -0.136. The molecule has 0 aliphatic carbocycles. The highest BCUT2D eigenvalue weighted by Gasteiger charge is 2.24. The van der Waals surface area contributed by atoms with E-state index in [0.717, 1.165) is 32.7 Å². The number of hydrogen-bond acceptors (Lipinski definition) is 3. The summed E-state index contributed by atoms with van der Waals surface area (Å²) in [7, 11) is 0. The number of carbonyl (C=O) groups is 1. The van der Waals surface area contributed by atoms with Gasteiger partial charge in [0.2, 0.25) is 5.91 Å². The quantitative estimate of drug-likeness (QED) is 0.649. The predicted molar refractivity (Wildman–Crippen MR) is 55.1 cm³/mol. The van der Waals surface area contributed by atoms with E-state index in [1.165, 1.54) is 6.42 Å². The van der Waals surface area contributed by atoms with E-state index in [0.29, 0.717) is 18.5 Å². The summed E-state index contributed by atoms with van der Waals surface area (Å²) < 4.78 is 0. The zero-order chi connectivity index (χ0) is 9.97. The number of nitrogens with one attached hydrogen (secondary N) is 1. The fourth-order valence-electron chi connectivity index (χ4n) is 2.01. The first-order valence-corrected chi connectivity index (χ1v) is 5.49. The van der Waals surface area contributed by atoms with Crippen molar-refractivity contribution in [1.29, 1.82) is 0 Å². The lowest BCUT2D eigenvalue weighted by Gasteiger charge is -2.36. The van der Waals surface area contributed by atoms with E-state index >= 15 is 0 Å². The van der Waals surface area contributed by atoms with Gasteiger partial charge in [0.15, 0.2) is 0 Å². The van der Waals surface area contributed by atoms with E-state index in [1.54, 1.807) is 0 Å². The monoisotopic (exact) mass is 197 g/mol. The summed E-state index contributed by atoms with van der Waals surface area (Å²) in [4.78, 5) is 15.9. The second kappa shape index (κ2) is 4.28. The number of hydrogen-bond donors (Lipinski definition) is 1. The van der Waals surface area contributed by atoms with Gasteiger partial charge in [-0.1, -0.05) is 0 Å². The standard InChI is InChI=1S/C10H19N3O/c1-9-7-12(6-3-11-9)8-10(14)13-4-2-5-13/h9,11H,2-8H2,1H3/t9-/m0/s1. The molecule has 4 nitrogen and oxygen atoms in total. The van der Waals surface area contributed by atoms with Crippen molar-refractivity contribution in [2.45, 2.75) is 19.4 Å². The largest absolute Gasteiger partial charge is 0.341 e. The molecule has 2 saturated heterocycles. The fraction of sp³-hybridized carbons (Fsp3) is 0.900. The molecule has 80 valence electrons. The van der Waals surface area contributed by atoms with Crippen molar-refractivity contribution in [3.63, 3.8) is 0 Å². The van der Waals surface area contributed by atoms with Gasteiger partial charge >= 0.3 is 0 Å². The van der Waals surface area contributed by atoms with Gasteiger partial charge < -0.3 is 10.2 Å². The molecule has 1 atom stereocenters. The Morgan fingerprint density at radius 3 is 2.79 bits per heavy atom. The molecule has 1 amide bonds. The van der Waals surface area contributed by atoms with Crippen molar-refractivity contribution in [2.75, 3.05) is 39.3 Å². The van der Waals surface area contributed by atoms with Gasteiger partial charge in [0.05, 0.1) is 6.54 Å². The summed E-state index contributed by atoms with van der Waals surface area (Å²) in [5.74, 6) is 0.311. The number of amides is 1. The maximum Gasteiger partial charge on any atom is 0.236 e. The van der Waals surface area contributed by atoms with Crippen LogP contribution in [0, 0.1) is 0 Å². The third-order valence-corrected chi connectivity index (χ3v) is 3.02. The van der Waals surface area contributed by atoms with Crippen LogP contribution in [0.3, 0.4) is 0 Å². The maximum atomic E-state index is 11.7. The molecular weight excluding hydrogens is 178 g/mol. The van der Waals surface area contributed by atoms with E-state index in [4.69, 9.17) is 0 Å². The minimum Gasteiger partial charge on any atom is -0.341 e. The molecular formula is C10H19N3O. The summed E-state index contributed by atoms with van der Waals surface area (Å²) in [5, 5.41) is 3.38. The first kappa shape index (κ1) is 9.93. The Labute approximate surface area is 85.2 Å². The zero-order valence-electron chi connectivity index (χ0n) is 8.83. The number of likely N-dealkylation sites (tertiary alicyclic amines) is 1. The Balaban J connectivity index is 1.75. The van der Waals surface area contributed by atoms with Crippen LogP contribution in [-0.2, 0) is 4.79 Å². The van der Waals surface area contributed by atoms with E-state index in [1.807, 2.05) is 4.90 Å². The summed E-state index contributed by atoms with van der Waals surface area (Å²) >= 11 is 0. The van der Waals surface area contributed by atoms with E-state index in [2.05, 4.69) is 17.1 Å². The highest BCUT2D eigenvalue weighted by Crippen LogP contribution is 2.07. The summed E-state index contributed by atoms with van der Waals surface area (Å²) in [6.07, 6.45) is 1.18. The van der Waals surface area contributed by atoms with Crippen LogP contribution in [0.15, 0.2) is 0 Å². The molecule has 4 heteroatoms. The Kier molecular flexibility index (Phi) is 3.03. The maximum absolute atomic E-state index is 11.7. The SMILES string of the molecule is C[C@H]1CN(CC(=O)N2CCC2)CCN1. The molecule has 2 fully saturated rings. The highest BCUT2D eigenvalue weighted by atomic mass is 16.2. The van der Waals surface area contributed by atoms with Crippen LogP contribution in [0.5, 0.6) is 0 Å². The van der Waals surface area contributed by atoms with E-state index < -0.39 is 0 Å². The van der Waals surface area contributed by atoms with E-state index in [-0.39, 0.29) is 0 Å². The molecule has 1 N–H and O–H groups in total. The molecule has 0 bridgehead atoms. The second-order valence-electron chi connectivity index (χ2n) is 4.32. The highest BCUT2D eigenvalue weighted by molar-refractivity contribution is 5.78. The van der Waals surface area contributed by atoms with Gasteiger partial charge in [-0.05, 0) is 13.3 Å². The van der Waals surface area contributed by atoms with Crippen molar-refractivity contribution in [3.8, 4) is 0 Å². The van der Waals surface area contributed by atoms with Crippen LogP contribution in [0.1, 0.15) is 13.3 Å². The molecule has 2 rings (SSSR count). The Bertz CT molecular complexity index is 215. The molecule has 2 aliphatic heterocycles. The lowest BCUT2D eigenvalue weighted by atomic mass is 10.2. The molecule has 14 heavy (non-hydrogen) atoms. The normalized spacial score (nSPS) is 28.6. The summed E-state index contributed by atoms with van der Waals surface area (Å²) in [5.41, 5.74) is 0. The fourth-order valence-corrected chi connectivity index (χ4v) is 2.01. The average molecular weight is 197 g/mol. The molecule has 0 saturated carbocycles. The molecule has 0 aromatic carbocycles.